The Morgan fingerprint density at radius 3 is 2.68 bits per heavy atom. The lowest BCUT2D eigenvalue weighted by Gasteiger charge is -2.27. The lowest BCUT2D eigenvalue weighted by Crippen LogP contribution is -2.31. The maximum absolute atomic E-state index is 13.0. The third-order valence-electron chi connectivity index (χ3n) is 6.24. The van der Waals surface area contributed by atoms with Crippen molar-refractivity contribution in [2.24, 2.45) is 0 Å². The van der Waals surface area contributed by atoms with E-state index in [1.54, 1.807) is 19.1 Å². The number of benzene rings is 2. The zero-order valence-electron chi connectivity index (χ0n) is 19.8. The molecular weight excluding hydrogens is 464 g/mol. The first kappa shape index (κ1) is 24.7. The molecule has 2 amide bonds. The number of methoxy groups -OCH3 is 1. The average Bonchev–Trinajstić information content (AvgIpc) is 2.87. The molecule has 0 radical (unpaired) electrons. The number of carbonyl (C=O) groups is 2. The van der Waals surface area contributed by atoms with Gasteiger partial charge in [-0.1, -0.05) is 43.2 Å². The van der Waals surface area contributed by atoms with E-state index in [1.165, 1.54) is 43.9 Å². The van der Waals surface area contributed by atoms with E-state index in [9.17, 15) is 9.59 Å². The molecule has 1 aliphatic heterocycles. The summed E-state index contributed by atoms with van der Waals surface area (Å²) in [7, 11) is 3.39. The third-order valence-corrected chi connectivity index (χ3v) is 8.79. The molecule has 4 rings (SSSR count). The number of anilines is 1. The number of ether oxygens (including phenoxy) is 1. The molecular formula is C27H32N2O3S2. The van der Waals surface area contributed by atoms with Crippen LogP contribution in [0.3, 0.4) is 0 Å². The van der Waals surface area contributed by atoms with Gasteiger partial charge in [0.1, 0.15) is 5.75 Å². The Balaban J connectivity index is 1.34. The van der Waals surface area contributed by atoms with Gasteiger partial charge in [0.25, 0.3) is 11.8 Å². The van der Waals surface area contributed by atoms with Crippen LogP contribution >= 0.6 is 23.5 Å². The molecule has 180 valence electrons. The van der Waals surface area contributed by atoms with Crippen molar-refractivity contribution in [1.29, 1.82) is 0 Å². The van der Waals surface area contributed by atoms with Crippen molar-refractivity contribution in [3.63, 3.8) is 0 Å². The van der Waals surface area contributed by atoms with Gasteiger partial charge in [0.15, 0.2) is 0 Å². The van der Waals surface area contributed by atoms with Crippen LogP contribution in [0.5, 0.6) is 5.75 Å². The number of nitrogens with one attached hydrogen (secondary N) is 1. The fourth-order valence-corrected chi connectivity index (χ4v) is 6.65. The average molecular weight is 497 g/mol. The van der Waals surface area contributed by atoms with Gasteiger partial charge in [0.05, 0.1) is 17.7 Å². The van der Waals surface area contributed by atoms with E-state index in [0.29, 0.717) is 17.0 Å². The van der Waals surface area contributed by atoms with Gasteiger partial charge in [-0.15, -0.1) is 0 Å². The zero-order chi connectivity index (χ0) is 23.9. The summed E-state index contributed by atoms with van der Waals surface area (Å²) in [4.78, 5) is 28.9. The van der Waals surface area contributed by atoms with Crippen LogP contribution in [0.2, 0.25) is 0 Å². The van der Waals surface area contributed by atoms with Crippen molar-refractivity contribution in [3.05, 3.63) is 58.5 Å². The number of hydrogen-bond acceptors (Lipinski definition) is 5. The van der Waals surface area contributed by atoms with Crippen LogP contribution in [-0.2, 0) is 4.79 Å². The van der Waals surface area contributed by atoms with E-state index >= 15 is 0 Å². The number of nitrogens with zero attached hydrogens (tertiary/aromatic N) is 1. The molecule has 34 heavy (non-hydrogen) atoms. The van der Waals surface area contributed by atoms with E-state index in [2.05, 4.69) is 17.1 Å². The molecule has 0 atom stereocenters. The van der Waals surface area contributed by atoms with E-state index in [1.807, 2.05) is 48.5 Å². The summed E-state index contributed by atoms with van der Waals surface area (Å²) in [5.74, 6) is 1.70. The zero-order valence-corrected chi connectivity index (χ0v) is 21.5. The summed E-state index contributed by atoms with van der Waals surface area (Å²) in [6.07, 6.45) is 9.65. The first-order valence-electron chi connectivity index (χ1n) is 11.9. The van der Waals surface area contributed by atoms with Crippen molar-refractivity contribution in [3.8, 4) is 5.75 Å². The van der Waals surface area contributed by atoms with Crippen LogP contribution in [0.4, 0.5) is 5.69 Å². The molecule has 1 aliphatic carbocycles. The third kappa shape index (κ3) is 6.19. The highest BCUT2D eigenvalue weighted by Gasteiger charge is 2.27. The molecule has 2 aromatic rings. The summed E-state index contributed by atoms with van der Waals surface area (Å²) in [5.41, 5.74) is 2.29. The molecule has 1 fully saturated rings. The Morgan fingerprint density at radius 2 is 1.94 bits per heavy atom. The molecule has 2 aromatic carbocycles. The van der Waals surface area contributed by atoms with Gasteiger partial charge in [-0.2, -0.15) is 11.8 Å². The van der Waals surface area contributed by atoms with Crippen molar-refractivity contribution < 1.29 is 14.3 Å². The minimum absolute atomic E-state index is 0.0781. The highest BCUT2D eigenvalue weighted by molar-refractivity contribution is 8.04. The lowest BCUT2D eigenvalue weighted by atomic mass is 10.0. The minimum Gasteiger partial charge on any atom is -0.497 e. The first-order valence-corrected chi connectivity index (χ1v) is 13.8. The largest absolute Gasteiger partial charge is 0.497 e. The highest BCUT2D eigenvalue weighted by Crippen LogP contribution is 2.42. The molecule has 0 unspecified atom stereocenters. The molecule has 0 aromatic heterocycles. The van der Waals surface area contributed by atoms with Crippen molar-refractivity contribution >= 4 is 47.1 Å². The molecule has 0 saturated heterocycles. The summed E-state index contributed by atoms with van der Waals surface area (Å²) in [6.45, 7) is 0.675. The van der Waals surface area contributed by atoms with Crippen LogP contribution in [0.25, 0.3) is 6.08 Å². The number of amides is 2. The number of hydrogen-bond donors (Lipinski definition) is 1. The smallest absolute Gasteiger partial charge is 0.264 e. The van der Waals surface area contributed by atoms with Crippen LogP contribution < -0.4 is 15.0 Å². The molecule has 0 spiro atoms. The Hall–Kier alpha value is -2.38. The quantitative estimate of drug-likeness (QED) is 0.359. The summed E-state index contributed by atoms with van der Waals surface area (Å²) in [6, 6.07) is 13.2. The Labute approximate surface area is 210 Å². The van der Waals surface area contributed by atoms with Crippen LogP contribution in [-0.4, -0.2) is 43.5 Å². The van der Waals surface area contributed by atoms with Crippen LogP contribution in [0.15, 0.2) is 52.3 Å². The molecule has 1 heterocycles. The second-order valence-electron chi connectivity index (χ2n) is 8.67. The fraction of sp³-hybridized carbons (Fsp3) is 0.407. The van der Waals surface area contributed by atoms with E-state index in [0.717, 1.165) is 39.3 Å². The minimum atomic E-state index is -0.0871. The summed E-state index contributed by atoms with van der Waals surface area (Å²) >= 11 is 3.49. The topological polar surface area (TPSA) is 58.6 Å². The predicted octanol–water partition coefficient (Wildman–Crippen LogP) is 5.99. The Morgan fingerprint density at radius 1 is 1.18 bits per heavy atom. The van der Waals surface area contributed by atoms with Crippen molar-refractivity contribution in [1.82, 2.24) is 5.32 Å². The number of fused-ring (bicyclic) bond motifs is 1. The Bertz CT molecular complexity index is 1050. The molecule has 5 nitrogen and oxygen atoms in total. The van der Waals surface area contributed by atoms with Crippen molar-refractivity contribution in [2.75, 3.05) is 31.4 Å². The molecule has 1 saturated carbocycles. The standard InChI is InChI=1S/C27H32N2O3S2/c1-29-23-18-20(26(30)28-15-6-16-33-22-7-4-3-5-8-22)11-14-24(23)34-25(27(29)31)17-19-9-12-21(32-2)13-10-19/h9-14,17-18,22H,3-8,15-16H2,1-2H3,(H,28,30). The van der Waals surface area contributed by atoms with Gasteiger partial charge >= 0.3 is 0 Å². The van der Waals surface area contributed by atoms with E-state index in [-0.39, 0.29) is 11.8 Å². The maximum Gasteiger partial charge on any atom is 0.264 e. The SMILES string of the molecule is COc1ccc(C=C2Sc3ccc(C(=O)NCCCSC4CCCCC4)cc3N(C)C2=O)cc1. The van der Waals surface area contributed by atoms with Crippen LogP contribution in [0, 0.1) is 0 Å². The maximum atomic E-state index is 13.0. The van der Waals surface area contributed by atoms with E-state index in [4.69, 9.17) is 4.74 Å². The lowest BCUT2D eigenvalue weighted by molar-refractivity contribution is -0.114. The molecule has 1 N–H and O–H groups in total. The fourth-order valence-electron chi connectivity index (χ4n) is 4.24. The van der Waals surface area contributed by atoms with Gasteiger partial charge < -0.3 is 15.0 Å². The molecule has 2 aliphatic rings. The number of rotatable bonds is 8. The van der Waals surface area contributed by atoms with Gasteiger partial charge in [-0.25, -0.2) is 0 Å². The van der Waals surface area contributed by atoms with Crippen molar-refractivity contribution in [2.45, 2.75) is 48.7 Å². The highest BCUT2D eigenvalue weighted by atomic mass is 32.2. The summed E-state index contributed by atoms with van der Waals surface area (Å²) < 4.78 is 5.20. The van der Waals surface area contributed by atoms with E-state index < -0.39 is 0 Å². The second-order valence-corrected chi connectivity index (χ2v) is 11.2. The van der Waals surface area contributed by atoms with Gasteiger partial charge in [0.2, 0.25) is 0 Å². The number of thioether (sulfide) groups is 2. The number of carbonyl (C=O) groups excluding carboxylic acids is 2. The molecule has 7 heteroatoms. The first-order chi connectivity index (χ1) is 16.5. The predicted molar refractivity (Wildman–Crippen MR) is 143 cm³/mol. The van der Waals surface area contributed by atoms with Gasteiger partial charge in [0, 0.05) is 29.3 Å². The number of likely N-dealkylation sites (N-methyl/N-ethyl adjacent to an activating group) is 1. The van der Waals surface area contributed by atoms with Gasteiger partial charge in [-0.3, -0.25) is 9.59 Å². The molecule has 0 bridgehead atoms. The monoisotopic (exact) mass is 496 g/mol. The van der Waals surface area contributed by atoms with Gasteiger partial charge in [-0.05, 0) is 67.0 Å². The summed E-state index contributed by atoms with van der Waals surface area (Å²) in [5, 5.41) is 3.84. The normalized spacial score (nSPS) is 17.5. The Kier molecular flexibility index (Phi) is 8.62. The van der Waals surface area contributed by atoms with Crippen LogP contribution in [0.1, 0.15) is 54.4 Å². The second kappa shape index (κ2) is 11.8.